The molecule has 1 aromatic carbocycles. The zero-order valence-electron chi connectivity index (χ0n) is 10.4. The molecule has 0 radical (unpaired) electrons. The maximum atomic E-state index is 11.8. The molecule has 110 valence electrons. The van der Waals surface area contributed by atoms with Gasteiger partial charge in [-0.3, -0.25) is 5.10 Å². The number of urea groups is 1. The van der Waals surface area contributed by atoms with Gasteiger partial charge in [0.15, 0.2) is 0 Å². The van der Waals surface area contributed by atoms with Crippen LogP contribution in [0.1, 0.15) is 16.2 Å². The number of rotatable bonds is 4. The number of anilines is 1. The minimum Gasteiger partial charge on any atom is -0.478 e. The smallest absolute Gasteiger partial charge is 0.337 e. The van der Waals surface area contributed by atoms with E-state index in [2.05, 4.69) is 25.8 Å². The molecule has 1 heterocycles. The number of carbonyl (C=O) groups is 2. The summed E-state index contributed by atoms with van der Waals surface area (Å²) in [7, 11) is 0. The van der Waals surface area contributed by atoms with Crippen LogP contribution in [-0.4, -0.2) is 32.3 Å². The largest absolute Gasteiger partial charge is 0.478 e. The van der Waals surface area contributed by atoms with E-state index < -0.39 is 12.0 Å². The molecule has 0 unspecified atom stereocenters. The van der Waals surface area contributed by atoms with Crippen molar-refractivity contribution in [2.24, 2.45) is 0 Å². The summed E-state index contributed by atoms with van der Waals surface area (Å²) >= 11 is 11.6. The molecule has 2 rings (SSSR count). The number of benzene rings is 1. The minimum atomic E-state index is -1.26. The predicted molar refractivity (Wildman–Crippen MR) is 75.7 cm³/mol. The van der Waals surface area contributed by atoms with Crippen LogP contribution in [-0.2, 0) is 6.54 Å². The number of carbonyl (C=O) groups excluding carboxylic acids is 1. The number of carboxylic acid groups (broad SMARTS) is 1. The van der Waals surface area contributed by atoms with Gasteiger partial charge in [-0.15, -0.1) is 0 Å². The molecule has 0 saturated carbocycles. The Bertz CT molecular complexity index is 675. The molecule has 0 aliphatic heterocycles. The summed E-state index contributed by atoms with van der Waals surface area (Å²) in [5.74, 6) is -0.809. The Kier molecular flexibility index (Phi) is 4.61. The van der Waals surface area contributed by atoms with E-state index in [0.29, 0.717) is 5.82 Å². The maximum Gasteiger partial charge on any atom is 0.337 e. The maximum absolute atomic E-state index is 11.8. The second-order valence-corrected chi connectivity index (χ2v) is 4.70. The normalized spacial score (nSPS) is 10.2. The van der Waals surface area contributed by atoms with E-state index in [-0.39, 0.29) is 27.8 Å². The fourth-order valence-electron chi connectivity index (χ4n) is 1.51. The summed E-state index contributed by atoms with van der Waals surface area (Å²) in [5, 5.41) is 20.3. The molecule has 2 aromatic rings. The van der Waals surface area contributed by atoms with Crippen LogP contribution in [0.4, 0.5) is 10.5 Å². The first kappa shape index (κ1) is 15.1. The third-order valence-corrected chi connectivity index (χ3v) is 2.92. The first-order valence-electron chi connectivity index (χ1n) is 5.59. The first-order chi connectivity index (χ1) is 9.97. The number of halogens is 2. The third-order valence-electron chi connectivity index (χ3n) is 2.41. The molecule has 10 heteroatoms. The Labute approximate surface area is 128 Å². The van der Waals surface area contributed by atoms with Gasteiger partial charge < -0.3 is 15.7 Å². The van der Waals surface area contributed by atoms with Crippen molar-refractivity contribution in [1.82, 2.24) is 20.5 Å². The lowest BCUT2D eigenvalue weighted by Gasteiger charge is -2.11. The molecule has 4 N–H and O–H groups in total. The van der Waals surface area contributed by atoms with Gasteiger partial charge in [0.05, 0.1) is 22.8 Å². The number of nitrogens with one attached hydrogen (secondary N) is 3. The van der Waals surface area contributed by atoms with Crippen molar-refractivity contribution in [2.75, 3.05) is 5.32 Å². The van der Waals surface area contributed by atoms with Gasteiger partial charge in [-0.1, -0.05) is 23.2 Å². The SMILES string of the molecule is O=C(NCc1ncn[nH]1)Nc1c(Cl)cc(Cl)cc1C(=O)O. The van der Waals surface area contributed by atoms with Crippen LogP contribution in [0, 0.1) is 0 Å². The Balaban J connectivity index is 2.11. The number of aromatic amines is 1. The third kappa shape index (κ3) is 3.83. The number of carboxylic acids is 1. The van der Waals surface area contributed by atoms with E-state index in [4.69, 9.17) is 28.3 Å². The Morgan fingerprint density at radius 3 is 2.71 bits per heavy atom. The number of aromatic nitrogens is 3. The number of hydrogen-bond acceptors (Lipinski definition) is 4. The molecular formula is C11H9Cl2N5O3. The summed E-state index contributed by atoms with van der Waals surface area (Å²) in [5.41, 5.74) is -0.244. The van der Waals surface area contributed by atoms with E-state index >= 15 is 0 Å². The summed E-state index contributed by atoms with van der Waals surface area (Å²) in [4.78, 5) is 26.7. The second-order valence-electron chi connectivity index (χ2n) is 3.86. The van der Waals surface area contributed by atoms with E-state index in [1.54, 1.807) is 0 Å². The average molecular weight is 330 g/mol. The molecule has 0 saturated heterocycles. The lowest BCUT2D eigenvalue weighted by molar-refractivity contribution is 0.0698. The minimum absolute atomic E-state index is 0.0229. The van der Waals surface area contributed by atoms with Gasteiger partial charge in [-0.05, 0) is 12.1 Å². The van der Waals surface area contributed by atoms with Crippen LogP contribution < -0.4 is 10.6 Å². The van der Waals surface area contributed by atoms with Crippen molar-refractivity contribution in [3.63, 3.8) is 0 Å². The molecule has 8 nitrogen and oxygen atoms in total. The topological polar surface area (TPSA) is 120 Å². The van der Waals surface area contributed by atoms with E-state index in [1.807, 2.05) is 0 Å². The summed E-state index contributed by atoms with van der Waals surface area (Å²) < 4.78 is 0. The summed E-state index contributed by atoms with van der Waals surface area (Å²) in [6, 6.07) is 1.89. The molecule has 0 bridgehead atoms. The molecule has 0 aliphatic carbocycles. The average Bonchev–Trinajstić information content (AvgIpc) is 2.92. The number of aromatic carboxylic acids is 1. The van der Waals surface area contributed by atoms with Crippen molar-refractivity contribution in [2.45, 2.75) is 6.54 Å². The van der Waals surface area contributed by atoms with Gasteiger partial charge in [0, 0.05) is 5.02 Å². The predicted octanol–water partition coefficient (Wildman–Crippen LogP) is 2.13. The van der Waals surface area contributed by atoms with Crippen LogP contribution >= 0.6 is 23.2 Å². The molecular weight excluding hydrogens is 321 g/mol. The van der Waals surface area contributed by atoms with Crippen LogP contribution in [0.25, 0.3) is 0 Å². The highest BCUT2D eigenvalue weighted by Gasteiger charge is 2.17. The second kappa shape index (κ2) is 6.42. The number of nitrogens with zero attached hydrogens (tertiary/aromatic N) is 2. The van der Waals surface area contributed by atoms with Gasteiger partial charge in [-0.25, -0.2) is 14.6 Å². The molecule has 21 heavy (non-hydrogen) atoms. The lowest BCUT2D eigenvalue weighted by atomic mass is 10.2. The van der Waals surface area contributed by atoms with Gasteiger partial charge in [-0.2, -0.15) is 5.10 Å². The molecule has 0 fully saturated rings. The first-order valence-corrected chi connectivity index (χ1v) is 6.34. The van der Waals surface area contributed by atoms with Gasteiger partial charge >= 0.3 is 12.0 Å². The van der Waals surface area contributed by atoms with Gasteiger partial charge in [0.2, 0.25) is 0 Å². The number of amides is 2. The van der Waals surface area contributed by atoms with Crippen LogP contribution in [0.2, 0.25) is 10.0 Å². The van der Waals surface area contributed by atoms with E-state index in [1.165, 1.54) is 18.5 Å². The van der Waals surface area contributed by atoms with Crippen LogP contribution in [0.5, 0.6) is 0 Å². The fraction of sp³-hybridized carbons (Fsp3) is 0.0909. The van der Waals surface area contributed by atoms with E-state index in [9.17, 15) is 9.59 Å². The fourth-order valence-corrected chi connectivity index (χ4v) is 2.05. The summed E-state index contributed by atoms with van der Waals surface area (Å²) in [6.45, 7) is 0.0967. The highest BCUT2D eigenvalue weighted by Crippen LogP contribution is 2.30. The molecule has 2 amide bonds. The van der Waals surface area contributed by atoms with Gasteiger partial charge in [0.25, 0.3) is 0 Å². The van der Waals surface area contributed by atoms with Crippen molar-refractivity contribution >= 4 is 40.9 Å². The number of H-pyrrole nitrogens is 1. The Hall–Kier alpha value is -2.32. The lowest BCUT2D eigenvalue weighted by Crippen LogP contribution is -2.29. The Morgan fingerprint density at radius 1 is 1.33 bits per heavy atom. The number of hydrogen-bond donors (Lipinski definition) is 4. The Morgan fingerprint density at radius 2 is 2.10 bits per heavy atom. The molecule has 0 spiro atoms. The van der Waals surface area contributed by atoms with Crippen molar-refractivity contribution in [3.8, 4) is 0 Å². The molecule has 0 aliphatic rings. The van der Waals surface area contributed by atoms with Crippen molar-refractivity contribution < 1.29 is 14.7 Å². The zero-order chi connectivity index (χ0) is 15.4. The highest BCUT2D eigenvalue weighted by molar-refractivity contribution is 6.37. The van der Waals surface area contributed by atoms with Crippen molar-refractivity contribution in [1.29, 1.82) is 0 Å². The van der Waals surface area contributed by atoms with Gasteiger partial charge in [0.1, 0.15) is 12.2 Å². The van der Waals surface area contributed by atoms with Crippen LogP contribution in [0.15, 0.2) is 18.5 Å². The standard InChI is InChI=1S/C11H9Cl2N5O3/c12-5-1-6(10(19)20)9(7(13)2-5)17-11(21)14-3-8-15-4-16-18-8/h1-2,4H,3H2,(H,19,20)(H2,14,17,21)(H,15,16,18). The van der Waals surface area contributed by atoms with Crippen LogP contribution in [0.3, 0.4) is 0 Å². The van der Waals surface area contributed by atoms with Crippen molar-refractivity contribution in [3.05, 3.63) is 39.9 Å². The zero-order valence-corrected chi connectivity index (χ0v) is 11.9. The highest BCUT2D eigenvalue weighted by atomic mass is 35.5. The van der Waals surface area contributed by atoms with E-state index in [0.717, 1.165) is 0 Å². The monoisotopic (exact) mass is 329 g/mol. The quantitative estimate of drug-likeness (QED) is 0.684. The molecule has 0 atom stereocenters. The summed E-state index contributed by atoms with van der Waals surface area (Å²) in [6.07, 6.45) is 1.30. The molecule has 1 aromatic heterocycles.